The summed E-state index contributed by atoms with van der Waals surface area (Å²) in [5.74, 6) is -4.59. The van der Waals surface area contributed by atoms with Crippen molar-refractivity contribution in [2.45, 2.75) is 49.9 Å². The number of aromatic amines is 1. The molecule has 6 aromatic rings. The molecular weight excluding hydrogens is 754 g/mol. The predicted molar refractivity (Wildman–Crippen MR) is 219 cm³/mol. The zero-order chi connectivity index (χ0) is 41.3. The van der Waals surface area contributed by atoms with Gasteiger partial charge in [-0.15, -0.1) is 0 Å². The number of hydrogen-bond acceptors (Lipinski definition) is 6. The number of aliphatic carboxylic acids is 1. The first kappa shape index (κ1) is 39.9. The molecule has 0 saturated carbocycles. The van der Waals surface area contributed by atoms with Crippen molar-refractivity contribution in [1.29, 1.82) is 0 Å². The van der Waals surface area contributed by atoms with Gasteiger partial charge in [0.15, 0.2) is 6.61 Å². The molecule has 3 heterocycles. The number of amides is 4. The van der Waals surface area contributed by atoms with Crippen molar-refractivity contribution in [3.63, 3.8) is 0 Å². The van der Waals surface area contributed by atoms with Gasteiger partial charge >= 0.3 is 5.97 Å². The number of ether oxygens (including phenoxy) is 1. The van der Waals surface area contributed by atoms with E-state index in [1.54, 1.807) is 36.5 Å². The summed E-state index contributed by atoms with van der Waals surface area (Å²) in [6.07, 6.45) is 1.31. The SMILES string of the molecule is O=C1COc2ccc(cc2)C[C@H](C(=O)O)NC(=O)[C@H](Cc2ccccc2F)NC(=O)[C@@H](Cc2ccc(-c3ccccc3)cc2)NC(=O)[C@H](Cc2c[nH]c3ccccc23)N1. The van der Waals surface area contributed by atoms with Gasteiger partial charge < -0.3 is 36.1 Å². The molecule has 2 bridgehead atoms. The Kier molecular flexibility index (Phi) is 12.4. The van der Waals surface area contributed by atoms with Crippen molar-refractivity contribution >= 4 is 40.5 Å². The van der Waals surface area contributed by atoms with Crippen molar-refractivity contribution in [2.24, 2.45) is 0 Å². The van der Waals surface area contributed by atoms with Crippen LogP contribution in [-0.2, 0) is 49.7 Å². The standard InChI is InChI=1S/C46H42FN5O7/c47-36-12-6-4-10-32(36)24-40-45(56)52-41(46(57)58)23-29-16-20-34(21-17-29)59-27-42(53)49-39(25-33-26-48-37-13-7-5-11-35(33)37)44(55)50-38(43(54)51-40)22-28-14-18-31(19-15-28)30-8-2-1-3-9-30/h1-21,26,38-41,48H,22-25,27H2,(H,49,53)(H,50,55)(H,51,54)(H,52,56)(H,57,58)/t38-,39+,40+,41-/m1/s1. The van der Waals surface area contributed by atoms with Crippen molar-refractivity contribution in [3.8, 4) is 16.9 Å². The van der Waals surface area contributed by atoms with Gasteiger partial charge in [-0.25, -0.2) is 9.18 Å². The fourth-order valence-corrected chi connectivity index (χ4v) is 7.09. The van der Waals surface area contributed by atoms with E-state index in [2.05, 4.69) is 26.3 Å². The Balaban J connectivity index is 1.25. The number of aromatic nitrogens is 1. The predicted octanol–water partition coefficient (Wildman–Crippen LogP) is 4.66. The third kappa shape index (κ3) is 10.2. The van der Waals surface area contributed by atoms with Gasteiger partial charge in [0.2, 0.25) is 17.7 Å². The second-order valence-corrected chi connectivity index (χ2v) is 14.4. The lowest BCUT2D eigenvalue weighted by molar-refractivity contribution is -0.142. The summed E-state index contributed by atoms with van der Waals surface area (Å²) in [6.45, 7) is -0.444. The highest BCUT2D eigenvalue weighted by atomic mass is 19.1. The van der Waals surface area contributed by atoms with Crippen molar-refractivity contribution in [2.75, 3.05) is 6.61 Å². The molecule has 0 radical (unpaired) electrons. The molecule has 2 aliphatic rings. The van der Waals surface area contributed by atoms with Crippen LogP contribution in [0.3, 0.4) is 0 Å². The second kappa shape index (κ2) is 18.3. The minimum Gasteiger partial charge on any atom is -0.484 e. The van der Waals surface area contributed by atoms with Crippen molar-refractivity contribution in [3.05, 3.63) is 162 Å². The number of carboxylic acid groups (broad SMARTS) is 1. The summed E-state index contributed by atoms with van der Waals surface area (Å²) in [5, 5.41) is 21.8. The highest BCUT2D eigenvalue weighted by Crippen LogP contribution is 2.22. The van der Waals surface area contributed by atoms with Crippen LogP contribution in [0.2, 0.25) is 0 Å². The smallest absolute Gasteiger partial charge is 0.326 e. The Bertz CT molecular complexity index is 2450. The van der Waals surface area contributed by atoms with Crippen LogP contribution in [0.4, 0.5) is 4.39 Å². The third-order valence-corrected chi connectivity index (χ3v) is 10.2. The fourth-order valence-electron chi connectivity index (χ4n) is 7.09. The van der Waals surface area contributed by atoms with Gasteiger partial charge in [0.25, 0.3) is 5.91 Å². The normalized spacial score (nSPS) is 19.3. The molecule has 59 heavy (non-hydrogen) atoms. The van der Waals surface area contributed by atoms with E-state index in [9.17, 15) is 29.1 Å². The van der Waals surface area contributed by atoms with Crippen LogP contribution < -0.4 is 26.0 Å². The molecule has 300 valence electrons. The Morgan fingerprint density at radius 2 is 1.22 bits per heavy atom. The van der Waals surface area contributed by atoms with Gasteiger partial charge in [-0.2, -0.15) is 0 Å². The maximum atomic E-state index is 15.0. The van der Waals surface area contributed by atoms with Gasteiger partial charge in [-0.3, -0.25) is 19.2 Å². The molecule has 0 spiro atoms. The van der Waals surface area contributed by atoms with Gasteiger partial charge in [0, 0.05) is 42.8 Å². The van der Waals surface area contributed by atoms with E-state index in [4.69, 9.17) is 4.74 Å². The van der Waals surface area contributed by atoms with E-state index < -0.39 is 66.2 Å². The molecule has 0 fully saturated rings. The third-order valence-electron chi connectivity index (χ3n) is 10.2. The van der Waals surface area contributed by atoms with Crippen LogP contribution in [0.15, 0.2) is 134 Å². The Labute approximate surface area is 339 Å². The van der Waals surface area contributed by atoms with E-state index in [1.165, 1.54) is 18.2 Å². The van der Waals surface area contributed by atoms with Gasteiger partial charge in [-0.05, 0) is 57.6 Å². The van der Waals surface area contributed by atoms with Crippen LogP contribution in [0.1, 0.15) is 22.3 Å². The molecular formula is C46H42FN5O7. The first-order valence-electron chi connectivity index (χ1n) is 19.2. The number of carbonyl (C=O) groups excluding carboxylic acids is 4. The molecule has 1 aromatic heterocycles. The first-order chi connectivity index (χ1) is 28.6. The van der Waals surface area contributed by atoms with Crippen LogP contribution in [-0.4, -0.2) is 70.5 Å². The quantitative estimate of drug-likeness (QED) is 0.121. The van der Waals surface area contributed by atoms with Crippen LogP contribution >= 0.6 is 0 Å². The number of carbonyl (C=O) groups is 5. The Morgan fingerprint density at radius 1 is 0.627 bits per heavy atom. The summed E-state index contributed by atoms with van der Waals surface area (Å²) in [6, 6.07) is 31.3. The Hall–Kier alpha value is -7.28. The number of fused-ring (bicyclic) bond motifs is 17. The zero-order valence-corrected chi connectivity index (χ0v) is 31.8. The van der Waals surface area contributed by atoms with Crippen molar-refractivity contribution in [1.82, 2.24) is 26.3 Å². The monoisotopic (exact) mass is 795 g/mol. The largest absolute Gasteiger partial charge is 0.484 e. The average Bonchev–Trinajstić information content (AvgIpc) is 3.65. The molecule has 0 aliphatic carbocycles. The lowest BCUT2D eigenvalue weighted by Gasteiger charge is -2.26. The summed E-state index contributed by atoms with van der Waals surface area (Å²) in [5.41, 5.74) is 4.79. The molecule has 5 aromatic carbocycles. The molecule has 8 rings (SSSR count). The molecule has 4 amide bonds. The van der Waals surface area contributed by atoms with Crippen LogP contribution in [0.25, 0.3) is 22.0 Å². The highest BCUT2D eigenvalue weighted by molar-refractivity contribution is 5.96. The number of benzene rings is 5. The number of hydrogen-bond donors (Lipinski definition) is 6. The number of carboxylic acids is 1. The maximum absolute atomic E-state index is 15.0. The van der Waals surface area contributed by atoms with E-state index >= 15 is 4.39 Å². The van der Waals surface area contributed by atoms with E-state index in [-0.39, 0.29) is 31.2 Å². The summed E-state index contributed by atoms with van der Waals surface area (Å²) >= 11 is 0. The molecule has 0 unspecified atom stereocenters. The number of halogens is 1. The number of H-pyrrole nitrogens is 1. The number of nitrogens with one attached hydrogen (secondary N) is 5. The van der Waals surface area contributed by atoms with Crippen molar-refractivity contribution < 1.29 is 38.2 Å². The summed E-state index contributed by atoms with van der Waals surface area (Å²) < 4.78 is 20.8. The summed E-state index contributed by atoms with van der Waals surface area (Å²) in [4.78, 5) is 71.9. The minimum absolute atomic E-state index is 0.0384. The van der Waals surface area contributed by atoms with Gasteiger partial charge in [0.05, 0.1) is 0 Å². The van der Waals surface area contributed by atoms with E-state index in [0.29, 0.717) is 16.9 Å². The molecule has 0 saturated heterocycles. The summed E-state index contributed by atoms with van der Waals surface area (Å²) in [7, 11) is 0. The number of rotatable bonds is 8. The van der Waals surface area contributed by atoms with Crippen LogP contribution in [0, 0.1) is 5.82 Å². The lowest BCUT2D eigenvalue weighted by Crippen LogP contribution is -2.59. The second-order valence-electron chi connectivity index (χ2n) is 14.4. The molecule has 12 nitrogen and oxygen atoms in total. The fraction of sp³-hybridized carbons (Fsp3) is 0.196. The van der Waals surface area contributed by atoms with Gasteiger partial charge in [0.1, 0.15) is 35.7 Å². The van der Waals surface area contributed by atoms with Gasteiger partial charge in [-0.1, -0.05) is 103 Å². The average molecular weight is 796 g/mol. The van der Waals surface area contributed by atoms with E-state index in [1.807, 2.05) is 78.9 Å². The number of para-hydroxylation sites is 1. The van der Waals surface area contributed by atoms with Crippen LogP contribution in [0.5, 0.6) is 5.75 Å². The topological polar surface area (TPSA) is 179 Å². The Morgan fingerprint density at radius 3 is 1.93 bits per heavy atom. The molecule has 4 atom stereocenters. The molecule has 13 heteroatoms. The maximum Gasteiger partial charge on any atom is 0.326 e. The highest BCUT2D eigenvalue weighted by Gasteiger charge is 2.33. The first-order valence-corrected chi connectivity index (χ1v) is 19.2. The molecule has 2 aliphatic heterocycles. The minimum atomic E-state index is -1.46. The van der Waals surface area contributed by atoms with E-state index in [0.717, 1.165) is 27.6 Å². The lowest BCUT2D eigenvalue weighted by atomic mass is 9.98. The zero-order valence-electron chi connectivity index (χ0n) is 31.8. The molecule has 6 N–H and O–H groups in total.